The van der Waals surface area contributed by atoms with Gasteiger partial charge < -0.3 is 13.3 Å². The second-order valence-corrected chi connectivity index (χ2v) is 8.05. The zero-order chi connectivity index (χ0) is 20.7. The van der Waals surface area contributed by atoms with Gasteiger partial charge >= 0.3 is 11.0 Å². The molecule has 0 amide bonds. The van der Waals surface area contributed by atoms with E-state index in [1.165, 1.54) is 19.6 Å². The average Bonchev–Trinajstić information content (AvgIpc) is 2.42. The predicted octanol–water partition coefficient (Wildman–Crippen LogP) is 2.53. The van der Waals surface area contributed by atoms with Gasteiger partial charge in [0, 0.05) is 7.11 Å². The number of rotatable bonds is 7. The highest BCUT2D eigenvalue weighted by atomic mass is 32.3. The molecule has 0 aliphatic rings. The van der Waals surface area contributed by atoms with Crippen molar-refractivity contribution in [3.63, 3.8) is 0 Å². The molecule has 154 valence electrons. The van der Waals surface area contributed by atoms with Gasteiger partial charge in [-0.3, -0.25) is 0 Å². The molecule has 0 unspecified atom stereocenters. The van der Waals surface area contributed by atoms with Crippen LogP contribution in [0, 0.1) is 0 Å². The first-order valence-electron chi connectivity index (χ1n) is 6.66. The smallest absolute Gasteiger partial charge is 0.421 e. The molecular weight excluding hydrogens is 406 g/mol. The summed E-state index contributed by atoms with van der Waals surface area (Å²) in [4.78, 5) is 0. The molecule has 0 aliphatic heterocycles. The van der Waals surface area contributed by atoms with E-state index in [9.17, 15) is 43.2 Å². The third-order valence-electron chi connectivity index (χ3n) is 3.20. The summed E-state index contributed by atoms with van der Waals surface area (Å²) in [6.07, 6.45) is 0. The largest absolute Gasteiger partial charge is 0.480 e. The number of ether oxygens (including phenoxy) is 1. The van der Waals surface area contributed by atoms with Crippen molar-refractivity contribution in [2.24, 2.45) is 0 Å². The Kier molecular flexibility index (Phi) is 9.93. The van der Waals surface area contributed by atoms with Gasteiger partial charge in [0.1, 0.15) is 0 Å². The second-order valence-electron chi connectivity index (χ2n) is 4.62. The molecule has 15 heteroatoms. The van der Waals surface area contributed by atoms with Crippen molar-refractivity contribution >= 4 is 20.0 Å². The molecule has 0 saturated carbocycles. The maximum Gasteiger partial charge on any atom is 0.480 e. The average molecular weight is 426 g/mol. The Morgan fingerprint density at radius 2 is 1.08 bits per heavy atom. The highest BCUT2D eigenvalue weighted by Gasteiger charge is 2.46. The summed E-state index contributed by atoms with van der Waals surface area (Å²) in [6, 6.07) is 0. The molecule has 0 heterocycles. The summed E-state index contributed by atoms with van der Waals surface area (Å²) in [7, 11) is -11.7. The van der Waals surface area contributed by atoms with E-state index < -0.39 is 31.1 Å². The van der Waals surface area contributed by atoms with Gasteiger partial charge in [0.05, 0.1) is 19.6 Å². The van der Waals surface area contributed by atoms with Gasteiger partial charge in [0.15, 0.2) is 26.8 Å². The molecule has 0 aromatic heterocycles. The molecular formula is C10H20F6N2O5S2. The summed E-state index contributed by atoms with van der Waals surface area (Å²) in [5.74, 6) is 0. The van der Waals surface area contributed by atoms with E-state index in [4.69, 9.17) is 4.74 Å². The summed E-state index contributed by atoms with van der Waals surface area (Å²) < 4.78 is 115. The van der Waals surface area contributed by atoms with Crippen LogP contribution in [-0.2, 0) is 24.8 Å². The minimum atomic E-state index is -6.72. The van der Waals surface area contributed by atoms with E-state index >= 15 is 0 Å². The van der Waals surface area contributed by atoms with Crippen LogP contribution in [0.2, 0.25) is 0 Å². The quantitative estimate of drug-likeness (QED) is 0.354. The molecule has 0 bridgehead atoms. The van der Waals surface area contributed by atoms with E-state index in [0.29, 0.717) is 0 Å². The number of methoxy groups -OCH3 is 1. The Morgan fingerprint density at radius 1 is 0.800 bits per heavy atom. The summed E-state index contributed by atoms with van der Waals surface area (Å²) in [5.41, 5.74) is -12.4. The topological polar surface area (TPSA) is 91.6 Å². The normalized spacial score (nSPS) is 14.0. The van der Waals surface area contributed by atoms with Crippen LogP contribution in [0.5, 0.6) is 0 Å². The molecule has 0 aromatic rings. The van der Waals surface area contributed by atoms with E-state index in [1.54, 1.807) is 7.11 Å². The van der Waals surface area contributed by atoms with Crippen LogP contribution in [-0.4, -0.2) is 65.8 Å². The maximum absolute atomic E-state index is 11.4. The van der Waals surface area contributed by atoms with Gasteiger partial charge in [-0.25, -0.2) is 16.8 Å². The fourth-order valence-corrected chi connectivity index (χ4v) is 3.14. The standard InChI is InChI=1S/C8H20NO.C2F6NO4S2/c1-5-9(6-2,7-3)8-10-4;3-1(4,5)14(10,11)9-15(12,13)2(6,7)8/h5-8H2,1-4H3;/q+1;-1. The van der Waals surface area contributed by atoms with Gasteiger partial charge in [0.2, 0.25) is 0 Å². The lowest BCUT2D eigenvalue weighted by atomic mass is 10.4. The van der Waals surface area contributed by atoms with Crippen molar-refractivity contribution in [3.8, 4) is 0 Å². The lowest BCUT2D eigenvalue weighted by Crippen LogP contribution is -2.48. The summed E-state index contributed by atoms with van der Waals surface area (Å²) in [6.45, 7) is 11.0. The van der Waals surface area contributed by atoms with E-state index in [0.717, 1.165) is 15.3 Å². The third-order valence-corrected chi connectivity index (χ3v) is 5.94. The predicted molar refractivity (Wildman–Crippen MR) is 77.1 cm³/mol. The number of nitrogens with zero attached hydrogens (tertiary/aromatic N) is 2. The van der Waals surface area contributed by atoms with Crippen molar-refractivity contribution in [2.75, 3.05) is 33.5 Å². The van der Waals surface area contributed by atoms with Gasteiger partial charge in [-0.05, 0) is 20.8 Å². The molecule has 0 saturated heterocycles. The first kappa shape index (κ1) is 26.6. The van der Waals surface area contributed by atoms with Crippen molar-refractivity contribution in [2.45, 2.75) is 31.8 Å². The summed E-state index contributed by atoms with van der Waals surface area (Å²) in [5, 5.41) is 0. The fraction of sp³-hybridized carbons (Fsp3) is 1.00. The van der Waals surface area contributed by atoms with Crippen molar-refractivity contribution in [1.29, 1.82) is 0 Å². The molecule has 0 radical (unpaired) electrons. The monoisotopic (exact) mass is 426 g/mol. The Morgan fingerprint density at radius 3 is 1.20 bits per heavy atom. The lowest BCUT2D eigenvalue weighted by molar-refractivity contribution is -0.940. The molecule has 0 rings (SSSR count). The Hall–Kier alpha value is -0.640. The zero-order valence-electron chi connectivity index (χ0n) is 13.8. The highest BCUT2D eigenvalue weighted by Crippen LogP contribution is 2.36. The number of alkyl halides is 6. The van der Waals surface area contributed by atoms with Crippen molar-refractivity contribution in [1.82, 2.24) is 0 Å². The van der Waals surface area contributed by atoms with Crippen LogP contribution < -0.4 is 0 Å². The fourth-order valence-electron chi connectivity index (χ4n) is 1.43. The highest BCUT2D eigenvalue weighted by molar-refractivity contribution is 8.13. The first-order valence-corrected chi connectivity index (χ1v) is 9.54. The zero-order valence-corrected chi connectivity index (χ0v) is 15.5. The Labute approximate surface area is 142 Å². The van der Waals surface area contributed by atoms with E-state index in [-0.39, 0.29) is 0 Å². The number of halogens is 6. The Balaban J connectivity index is 0. The van der Waals surface area contributed by atoms with Crippen molar-refractivity contribution in [3.05, 3.63) is 4.13 Å². The molecule has 0 fully saturated rings. The minimum absolute atomic E-state index is 0.778. The van der Waals surface area contributed by atoms with Crippen LogP contribution in [0.3, 0.4) is 0 Å². The molecule has 0 spiro atoms. The van der Waals surface area contributed by atoms with Crippen LogP contribution in [0.15, 0.2) is 0 Å². The maximum atomic E-state index is 11.4. The number of hydrogen-bond donors (Lipinski definition) is 0. The first-order chi connectivity index (χ1) is 10.9. The molecule has 7 nitrogen and oxygen atoms in total. The summed E-state index contributed by atoms with van der Waals surface area (Å²) >= 11 is 0. The lowest BCUT2D eigenvalue weighted by Gasteiger charge is -2.34. The van der Waals surface area contributed by atoms with Crippen LogP contribution in [0.1, 0.15) is 20.8 Å². The molecule has 25 heavy (non-hydrogen) atoms. The number of quaternary nitrogens is 1. The third kappa shape index (κ3) is 8.06. The van der Waals surface area contributed by atoms with Crippen LogP contribution in [0.4, 0.5) is 26.3 Å². The SMILES string of the molecule is CC[N+](CC)(CC)COC.O=S(=O)([N-]S(=O)(=O)C(F)(F)F)C(F)(F)F. The molecule has 0 N–H and O–H groups in total. The van der Waals surface area contributed by atoms with Crippen LogP contribution in [0.25, 0.3) is 4.13 Å². The van der Waals surface area contributed by atoms with Gasteiger partial charge in [-0.1, -0.05) is 0 Å². The van der Waals surface area contributed by atoms with Gasteiger partial charge in [-0.2, -0.15) is 26.3 Å². The van der Waals surface area contributed by atoms with E-state index in [2.05, 4.69) is 20.8 Å². The molecule has 0 aliphatic carbocycles. The van der Waals surface area contributed by atoms with Gasteiger partial charge in [0.25, 0.3) is 0 Å². The molecule has 0 atom stereocenters. The van der Waals surface area contributed by atoms with E-state index in [1.807, 2.05) is 0 Å². The number of hydrogen-bond acceptors (Lipinski definition) is 5. The minimum Gasteiger partial charge on any atom is -0.421 e. The Bertz CT molecular complexity index is 546. The second kappa shape index (κ2) is 9.34. The van der Waals surface area contributed by atoms with Crippen molar-refractivity contribution < 1.29 is 52.4 Å². The van der Waals surface area contributed by atoms with Crippen LogP contribution >= 0.6 is 0 Å². The molecule has 0 aromatic carbocycles. The number of sulfonamides is 2. The van der Waals surface area contributed by atoms with Gasteiger partial charge in [-0.15, -0.1) is 0 Å².